The average Bonchev–Trinajstić information content (AvgIpc) is 2.57. The Labute approximate surface area is 127 Å². The van der Waals surface area contributed by atoms with E-state index in [1.807, 2.05) is 24.3 Å². The van der Waals surface area contributed by atoms with Crippen molar-refractivity contribution in [2.45, 2.75) is 0 Å². The minimum atomic E-state index is 0.384. The lowest BCUT2D eigenvalue weighted by atomic mass is 9.98. The molecule has 0 radical (unpaired) electrons. The van der Waals surface area contributed by atoms with E-state index in [2.05, 4.69) is 12.1 Å². The molecule has 3 aromatic rings. The summed E-state index contributed by atoms with van der Waals surface area (Å²) < 4.78 is 10.6. The molecule has 0 aliphatic carbocycles. The molecule has 22 heavy (non-hydrogen) atoms. The second kappa shape index (κ2) is 5.27. The number of rotatable bonds is 2. The van der Waals surface area contributed by atoms with Crippen LogP contribution in [0.15, 0.2) is 36.4 Å². The summed E-state index contributed by atoms with van der Waals surface area (Å²) in [6.45, 7) is 0. The van der Waals surface area contributed by atoms with Crippen LogP contribution in [0.4, 0.5) is 0 Å². The van der Waals surface area contributed by atoms with Gasteiger partial charge >= 0.3 is 0 Å². The van der Waals surface area contributed by atoms with E-state index in [-0.39, 0.29) is 0 Å². The molecule has 0 unspecified atom stereocenters. The molecule has 0 aliphatic rings. The third kappa shape index (κ3) is 2.08. The van der Waals surface area contributed by atoms with Crippen LogP contribution in [0.5, 0.6) is 11.5 Å². The second-order valence-corrected chi connectivity index (χ2v) is 4.88. The van der Waals surface area contributed by atoms with Gasteiger partial charge in [-0.1, -0.05) is 0 Å². The SMILES string of the molecule is COc1cc2cc3cc(C#N)c(C#N)cc3cc2cc1OC. The molecule has 0 atom stereocenters. The highest BCUT2D eigenvalue weighted by atomic mass is 16.5. The topological polar surface area (TPSA) is 66.0 Å². The van der Waals surface area contributed by atoms with E-state index in [1.54, 1.807) is 26.4 Å². The fourth-order valence-electron chi connectivity index (χ4n) is 2.56. The van der Waals surface area contributed by atoms with Crippen molar-refractivity contribution in [3.8, 4) is 23.6 Å². The van der Waals surface area contributed by atoms with Crippen LogP contribution in [0.2, 0.25) is 0 Å². The maximum atomic E-state index is 9.14. The quantitative estimate of drug-likeness (QED) is 0.673. The van der Waals surface area contributed by atoms with Crippen LogP contribution in [0.25, 0.3) is 21.5 Å². The highest BCUT2D eigenvalue weighted by Gasteiger charge is 2.09. The first-order valence-electron chi connectivity index (χ1n) is 6.64. The largest absolute Gasteiger partial charge is 0.493 e. The van der Waals surface area contributed by atoms with Crippen LogP contribution in [-0.2, 0) is 0 Å². The van der Waals surface area contributed by atoms with Crippen LogP contribution in [0.3, 0.4) is 0 Å². The lowest BCUT2D eigenvalue weighted by Gasteiger charge is -2.10. The third-order valence-corrected chi connectivity index (χ3v) is 3.68. The van der Waals surface area contributed by atoms with Gasteiger partial charge in [-0.2, -0.15) is 10.5 Å². The Morgan fingerprint density at radius 3 is 1.32 bits per heavy atom. The van der Waals surface area contributed by atoms with Gasteiger partial charge in [0.2, 0.25) is 0 Å². The number of nitrogens with zero attached hydrogens (tertiary/aromatic N) is 2. The molecule has 0 amide bonds. The number of hydrogen-bond donors (Lipinski definition) is 0. The smallest absolute Gasteiger partial charge is 0.161 e. The lowest BCUT2D eigenvalue weighted by molar-refractivity contribution is 0.356. The number of benzene rings is 3. The van der Waals surface area contributed by atoms with Crippen molar-refractivity contribution in [3.63, 3.8) is 0 Å². The fraction of sp³-hybridized carbons (Fsp3) is 0.111. The summed E-state index contributed by atoms with van der Waals surface area (Å²) in [5.41, 5.74) is 0.768. The molecule has 0 N–H and O–H groups in total. The predicted octanol–water partition coefficient (Wildman–Crippen LogP) is 3.75. The highest BCUT2D eigenvalue weighted by Crippen LogP contribution is 2.34. The van der Waals surface area contributed by atoms with Crippen molar-refractivity contribution < 1.29 is 9.47 Å². The van der Waals surface area contributed by atoms with Gasteiger partial charge in [0.1, 0.15) is 12.1 Å². The summed E-state index contributed by atoms with van der Waals surface area (Å²) in [6, 6.07) is 15.4. The molecule has 0 saturated carbocycles. The van der Waals surface area contributed by atoms with Crippen LogP contribution >= 0.6 is 0 Å². The molecule has 0 fully saturated rings. The van der Waals surface area contributed by atoms with Gasteiger partial charge in [-0.3, -0.25) is 0 Å². The molecule has 3 aromatic carbocycles. The number of ether oxygens (including phenoxy) is 2. The number of hydrogen-bond acceptors (Lipinski definition) is 4. The summed E-state index contributed by atoms with van der Waals surface area (Å²) in [4.78, 5) is 0. The molecule has 0 spiro atoms. The molecule has 0 saturated heterocycles. The minimum absolute atomic E-state index is 0.384. The number of fused-ring (bicyclic) bond motifs is 2. The molecular formula is C18H12N2O2. The van der Waals surface area contributed by atoms with E-state index in [0.29, 0.717) is 22.6 Å². The van der Waals surface area contributed by atoms with Gasteiger partial charge in [0.05, 0.1) is 25.3 Å². The first kappa shape index (κ1) is 13.7. The summed E-state index contributed by atoms with van der Waals surface area (Å²) in [6.07, 6.45) is 0. The van der Waals surface area contributed by atoms with E-state index in [0.717, 1.165) is 21.5 Å². The Kier molecular flexibility index (Phi) is 3.29. The molecule has 106 valence electrons. The van der Waals surface area contributed by atoms with Crippen molar-refractivity contribution in [3.05, 3.63) is 47.5 Å². The zero-order chi connectivity index (χ0) is 15.7. The van der Waals surface area contributed by atoms with Crippen LogP contribution < -0.4 is 9.47 Å². The van der Waals surface area contributed by atoms with Crippen LogP contribution in [-0.4, -0.2) is 14.2 Å². The molecule has 0 aromatic heterocycles. The van der Waals surface area contributed by atoms with Gasteiger partial charge < -0.3 is 9.47 Å². The molecule has 4 heteroatoms. The maximum Gasteiger partial charge on any atom is 0.161 e. The van der Waals surface area contributed by atoms with Crippen molar-refractivity contribution in [2.75, 3.05) is 14.2 Å². The molecular weight excluding hydrogens is 276 g/mol. The first-order valence-corrected chi connectivity index (χ1v) is 6.64. The summed E-state index contributed by atoms with van der Waals surface area (Å²) in [5.74, 6) is 1.31. The summed E-state index contributed by atoms with van der Waals surface area (Å²) in [5, 5.41) is 22.1. The zero-order valence-electron chi connectivity index (χ0n) is 12.2. The van der Waals surface area contributed by atoms with Crippen LogP contribution in [0.1, 0.15) is 11.1 Å². The van der Waals surface area contributed by atoms with Gasteiger partial charge in [0.25, 0.3) is 0 Å². The maximum absolute atomic E-state index is 9.14. The molecule has 0 bridgehead atoms. The standard InChI is InChI=1S/C18H12N2O2/c1-21-17-7-13-3-11-5-15(9-19)16(10-20)6-12(11)4-14(13)8-18(17)22-2/h3-8H,1-2H3. The summed E-state index contributed by atoms with van der Waals surface area (Å²) >= 11 is 0. The molecule has 3 rings (SSSR count). The van der Waals surface area contributed by atoms with E-state index < -0.39 is 0 Å². The van der Waals surface area contributed by atoms with E-state index in [4.69, 9.17) is 20.0 Å². The first-order chi connectivity index (χ1) is 10.7. The van der Waals surface area contributed by atoms with Crippen molar-refractivity contribution in [2.24, 2.45) is 0 Å². The Morgan fingerprint density at radius 2 is 1.00 bits per heavy atom. The average molecular weight is 288 g/mol. The summed E-state index contributed by atoms with van der Waals surface area (Å²) in [7, 11) is 3.19. The van der Waals surface area contributed by atoms with Crippen LogP contribution in [0, 0.1) is 22.7 Å². The fourth-order valence-corrected chi connectivity index (χ4v) is 2.56. The van der Waals surface area contributed by atoms with E-state index in [1.165, 1.54) is 0 Å². The Balaban J connectivity index is 2.36. The lowest BCUT2D eigenvalue weighted by Crippen LogP contribution is -1.91. The number of methoxy groups -OCH3 is 2. The van der Waals surface area contributed by atoms with Crippen molar-refractivity contribution in [1.82, 2.24) is 0 Å². The number of nitriles is 2. The monoisotopic (exact) mass is 288 g/mol. The van der Waals surface area contributed by atoms with E-state index >= 15 is 0 Å². The second-order valence-electron chi connectivity index (χ2n) is 4.88. The van der Waals surface area contributed by atoms with Crippen molar-refractivity contribution >= 4 is 21.5 Å². The Bertz CT molecular complexity index is 898. The Morgan fingerprint density at radius 1 is 0.636 bits per heavy atom. The molecule has 0 heterocycles. The normalized spacial score (nSPS) is 10.2. The van der Waals surface area contributed by atoms with Gasteiger partial charge in [0, 0.05) is 0 Å². The Hall–Kier alpha value is -3.24. The van der Waals surface area contributed by atoms with Gasteiger partial charge in [0.15, 0.2) is 11.5 Å². The van der Waals surface area contributed by atoms with Gasteiger partial charge in [-0.05, 0) is 57.9 Å². The zero-order valence-corrected chi connectivity index (χ0v) is 12.2. The van der Waals surface area contributed by atoms with Gasteiger partial charge in [-0.15, -0.1) is 0 Å². The highest BCUT2D eigenvalue weighted by molar-refractivity contribution is 6.00. The van der Waals surface area contributed by atoms with E-state index in [9.17, 15) is 0 Å². The molecule has 4 nitrogen and oxygen atoms in total. The predicted molar refractivity (Wildman–Crippen MR) is 84.0 cm³/mol. The van der Waals surface area contributed by atoms with Crippen molar-refractivity contribution in [1.29, 1.82) is 10.5 Å². The third-order valence-electron chi connectivity index (χ3n) is 3.68. The minimum Gasteiger partial charge on any atom is -0.493 e. The molecule has 0 aliphatic heterocycles. The van der Waals surface area contributed by atoms with Gasteiger partial charge in [-0.25, -0.2) is 0 Å².